The van der Waals surface area contributed by atoms with Crippen molar-refractivity contribution in [3.8, 4) is 0 Å². The van der Waals surface area contributed by atoms with Crippen LogP contribution < -0.4 is 11.1 Å². The summed E-state index contributed by atoms with van der Waals surface area (Å²) in [4.78, 5) is 12.4. The lowest BCUT2D eigenvalue weighted by Gasteiger charge is -2.27. The predicted octanol–water partition coefficient (Wildman–Crippen LogP) is 2.62. The minimum Gasteiger partial charge on any atom is -0.327 e. The average Bonchev–Trinajstić information content (AvgIpc) is 2.94. The average molecular weight is 258 g/mol. The number of carbonyl (C=O) groups is 1. The van der Waals surface area contributed by atoms with Gasteiger partial charge in [0.15, 0.2) is 0 Å². The summed E-state index contributed by atoms with van der Waals surface area (Å²) in [6.45, 7) is 4.14. The van der Waals surface area contributed by atoms with E-state index >= 15 is 0 Å². The summed E-state index contributed by atoms with van der Waals surface area (Å²) in [7, 11) is 0. The number of aryl methyl sites for hydroxylation is 2. The zero-order valence-electron chi connectivity index (χ0n) is 11.6. The summed E-state index contributed by atoms with van der Waals surface area (Å²) in [5, 5.41) is 3.05. The van der Waals surface area contributed by atoms with Gasteiger partial charge in [-0.2, -0.15) is 0 Å². The molecule has 2 aliphatic rings. The van der Waals surface area contributed by atoms with Gasteiger partial charge >= 0.3 is 0 Å². The highest BCUT2D eigenvalue weighted by atomic mass is 16.2. The lowest BCUT2D eigenvalue weighted by Crippen LogP contribution is -2.42. The smallest absolute Gasteiger partial charge is 0.229 e. The minimum absolute atomic E-state index is 0.0142. The summed E-state index contributed by atoms with van der Waals surface area (Å²) >= 11 is 0. The first-order chi connectivity index (χ1) is 9.06. The number of nitrogens with two attached hydrogens (primary N) is 1. The molecule has 0 aromatic heterocycles. The Hall–Kier alpha value is -1.35. The first kappa shape index (κ1) is 12.7. The fourth-order valence-electron chi connectivity index (χ4n) is 3.77. The molecule has 0 spiro atoms. The Morgan fingerprint density at radius 1 is 1.21 bits per heavy atom. The van der Waals surface area contributed by atoms with Crippen LogP contribution in [-0.4, -0.2) is 11.9 Å². The molecule has 2 bridgehead atoms. The minimum atomic E-state index is 0.0142. The number of benzene rings is 1. The molecule has 1 aromatic carbocycles. The predicted molar refractivity (Wildman–Crippen MR) is 76.8 cm³/mol. The van der Waals surface area contributed by atoms with Gasteiger partial charge in [0.25, 0.3) is 0 Å². The topological polar surface area (TPSA) is 55.1 Å². The quantitative estimate of drug-likeness (QED) is 0.856. The van der Waals surface area contributed by atoms with Crippen LogP contribution in [0, 0.1) is 31.6 Å². The van der Waals surface area contributed by atoms with Crippen molar-refractivity contribution in [1.82, 2.24) is 0 Å². The van der Waals surface area contributed by atoms with E-state index in [2.05, 4.69) is 19.2 Å². The van der Waals surface area contributed by atoms with Crippen molar-refractivity contribution in [2.45, 2.75) is 39.2 Å². The van der Waals surface area contributed by atoms with Crippen molar-refractivity contribution in [2.24, 2.45) is 23.5 Å². The van der Waals surface area contributed by atoms with Crippen LogP contribution in [-0.2, 0) is 4.79 Å². The number of amides is 1. The standard InChI is InChI=1S/C16H22N2O/c1-9-3-6-13(7-10(9)2)18-16(19)14-11-4-5-12(8-11)15(14)17/h3,6-7,11-12,14-15H,4-5,8,17H2,1-2H3,(H,18,19). The zero-order valence-corrected chi connectivity index (χ0v) is 11.6. The Morgan fingerprint density at radius 2 is 1.95 bits per heavy atom. The van der Waals surface area contributed by atoms with E-state index in [0.717, 1.165) is 12.1 Å². The van der Waals surface area contributed by atoms with Crippen LogP contribution in [0.15, 0.2) is 18.2 Å². The first-order valence-electron chi connectivity index (χ1n) is 7.20. The molecule has 0 heterocycles. The summed E-state index contributed by atoms with van der Waals surface area (Å²) in [5.41, 5.74) is 9.55. The second-order valence-electron chi connectivity index (χ2n) is 6.22. The van der Waals surface area contributed by atoms with E-state index in [1.54, 1.807) is 0 Å². The number of fused-ring (bicyclic) bond motifs is 2. The van der Waals surface area contributed by atoms with E-state index in [0.29, 0.717) is 11.8 Å². The highest BCUT2D eigenvalue weighted by Crippen LogP contribution is 2.47. The zero-order chi connectivity index (χ0) is 13.6. The summed E-state index contributed by atoms with van der Waals surface area (Å²) in [5.74, 6) is 1.20. The SMILES string of the molecule is Cc1ccc(NC(=O)C2C3CCC(C3)C2N)cc1C. The molecule has 2 saturated carbocycles. The molecule has 2 fully saturated rings. The number of hydrogen-bond donors (Lipinski definition) is 2. The maximum absolute atomic E-state index is 12.4. The van der Waals surface area contributed by atoms with Crippen LogP contribution in [0.5, 0.6) is 0 Å². The summed E-state index contributed by atoms with van der Waals surface area (Å²) in [6, 6.07) is 6.11. The number of nitrogens with one attached hydrogen (secondary N) is 1. The largest absolute Gasteiger partial charge is 0.327 e. The van der Waals surface area contributed by atoms with Gasteiger partial charge in [-0.05, 0) is 68.2 Å². The monoisotopic (exact) mass is 258 g/mol. The fourth-order valence-corrected chi connectivity index (χ4v) is 3.77. The van der Waals surface area contributed by atoms with Gasteiger partial charge in [0.2, 0.25) is 5.91 Å². The van der Waals surface area contributed by atoms with E-state index in [4.69, 9.17) is 5.73 Å². The molecule has 0 aliphatic heterocycles. The van der Waals surface area contributed by atoms with Crippen LogP contribution in [0.3, 0.4) is 0 Å². The van der Waals surface area contributed by atoms with Crippen molar-refractivity contribution in [2.75, 3.05) is 5.32 Å². The fraction of sp³-hybridized carbons (Fsp3) is 0.562. The van der Waals surface area contributed by atoms with Gasteiger partial charge < -0.3 is 11.1 Å². The van der Waals surface area contributed by atoms with Crippen LogP contribution in [0.1, 0.15) is 30.4 Å². The van der Waals surface area contributed by atoms with Crippen LogP contribution >= 0.6 is 0 Å². The van der Waals surface area contributed by atoms with E-state index in [1.807, 2.05) is 18.2 Å². The summed E-state index contributed by atoms with van der Waals surface area (Å²) < 4.78 is 0. The van der Waals surface area contributed by atoms with Gasteiger partial charge in [-0.15, -0.1) is 0 Å². The molecule has 4 unspecified atom stereocenters. The molecule has 3 nitrogen and oxygen atoms in total. The molecule has 0 saturated heterocycles. The van der Waals surface area contributed by atoms with Crippen molar-refractivity contribution < 1.29 is 4.79 Å². The Labute approximate surface area is 114 Å². The van der Waals surface area contributed by atoms with Crippen molar-refractivity contribution >= 4 is 11.6 Å². The van der Waals surface area contributed by atoms with Crippen molar-refractivity contribution in [3.05, 3.63) is 29.3 Å². The first-order valence-corrected chi connectivity index (χ1v) is 7.20. The summed E-state index contributed by atoms with van der Waals surface area (Å²) in [6.07, 6.45) is 3.52. The molecule has 102 valence electrons. The Kier molecular flexibility index (Phi) is 3.09. The molecule has 1 aromatic rings. The Bertz CT molecular complexity index is 509. The molecule has 1 amide bonds. The Morgan fingerprint density at radius 3 is 2.58 bits per heavy atom. The van der Waals surface area contributed by atoms with E-state index in [9.17, 15) is 4.79 Å². The van der Waals surface area contributed by atoms with Gasteiger partial charge in [-0.1, -0.05) is 6.07 Å². The van der Waals surface area contributed by atoms with E-state index < -0.39 is 0 Å². The molecule has 4 atom stereocenters. The molecular weight excluding hydrogens is 236 g/mol. The van der Waals surface area contributed by atoms with Crippen molar-refractivity contribution in [3.63, 3.8) is 0 Å². The van der Waals surface area contributed by atoms with E-state index in [-0.39, 0.29) is 17.9 Å². The number of hydrogen-bond acceptors (Lipinski definition) is 2. The Balaban J connectivity index is 1.73. The molecule has 19 heavy (non-hydrogen) atoms. The molecule has 0 radical (unpaired) electrons. The third-order valence-corrected chi connectivity index (χ3v) is 5.06. The lowest BCUT2D eigenvalue weighted by atomic mass is 9.84. The van der Waals surface area contributed by atoms with Gasteiger partial charge in [-0.25, -0.2) is 0 Å². The maximum Gasteiger partial charge on any atom is 0.229 e. The number of rotatable bonds is 2. The van der Waals surface area contributed by atoms with Crippen LogP contribution in [0.4, 0.5) is 5.69 Å². The van der Waals surface area contributed by atoms with E-state index in [1.165, 1.54) is 24.0 Å². The third-order valence-electron chi connectivity index (χ3n) is 5.06. The molecule has 3 rings (SSSR count). The van der Waals surface area contributed by atoms with Crippen LogP contribution in [0.25, 0.3) is 0 Å². The molecule has 2 aliphatic carbocycles. The van der Waals surface area contributed by atoms with Crippen LogP contribution in [0.2, 0.25) is 0 Å². The second kappa shape index (κ2) is 4.64. The number of carbonyl (C=O) groups excluding carboxylic acids is 1. The van der Waals surface area contributed by atoms with Gasteiger partial charge in [-0.3, -0.25) is 4.79 Å². The molecule has 3 heteroatoms. The highest BCUT2D eigenvalue weighted by Gasteiger charge is 2.49. The lowest BCUT2D eigenvalue weighted by molar-refractivity contribution is -0.121. The maximum atomic E-state index is 12.4. The normalized spacial score (nSPS) is 32.6. The van der Waals surface area contributed by atoms with Crippen molar-refractivity contribution in [1.29, 1.82) is 0 Å². The molecule has 3 N–H and O–H groups in total. The number of anilines is 1. The van der Waals surface area contributed by atoms with Gasteiger partial charge in [0.1, 0.15) is 0 Å². The van der Waals surface area contributed by atoms with Gasteiger partial charge in [0.05, 0.1) is 5.92 Å². The van der Waals surface area contributed by atoms with Gasteiger partial charge in [0, 0.05) is 11.7 Å². The third kappa shape index (κ3) is 2.16. The highest BCUT2D eigenvalue weighted by molar-refractivity contribution is 5.93. The molecular formula is C16H22N2O. The second-order valence-corrected chi connectivity index (χ2v) is 6.22.